The molecule has 1 saturated heterocycles. The molecule has 1 aromatic rings. The van der Waals surface area contributed by atoms with Crippen molar-refractivity contribution < 1.29 is 14.7 Å². The maximum Gasteiger partial charge on any atom is 0.234 e. The third kappa shape index (κ3) is 4.01. The molecular weight excluding hydrogens is 322 g/mol. The highest BCUT2D eigenvalue weighted by Crippen LogP contribution is 2.24. The molecule has 3 atom stereocenters. The van der Waals surface area contributed by atoms with Crippen LogP contribution in [0.5, 0.6) is 0 Å². The summed E-state index contributed by atoms with van der Waals surface area (Å²) < 4.78 is 0. The molecule has 0 spiro atoms. The molecule has 0 unspecified atom stereocenters. The van der Waals surface area contributed by atoms with Gasteiger partial charge in [0.1, 0.15) is 0 Å². The van der Waals surface area contributed by atoms with E-state index in [0.29, 0.717) is 13.1 Å². The first-order valence-corrected chi connectivity index (χ1v) is 8.94. The normalized spacial score (nSPS) is 27.8. The Morgan fingerprint density at radius 1 is 1.40 bits per heavy atom. The van der Waals surface area contributed by atoms with Crippen LogP contribution in [0.15, 0.2) is 0 Å². The summed E-state index contributed by atoms with van der Waals surface area (Å²) in [7, 11) is 0. The number of rotatable bonds is 4. The van der Waals surface area contributed by atoms with Crippen molar-refractivity contribution in [2.24, 2.45) is 0 Å². The molecule has 2 amide bonds. The molecule has 4 N–H and O–H groups in total. The van der Waals surface area contributed by atoms with Crippen LogP contribution >= 0.6 is 0 Å². The summed E-state index contributed by atoms with van der Waals surface area (Å²) in [5.74, 6) is -0.107. The number of aromatic nitrogens is 2. The van der Waals surface area contributed by atoms with Crippen LogP contribution in [0.2, 0.25) is 0 Å². The zero-order valence-electron chi connectivity index (χ0n) is 14.8. The zero-order valence-corrected chi connectivity index (χ0v) is 14.8. The molecular formula is C17H27N5O3. The Labute approximate surface area is 147 Å². The van der Waals surface area contributed by atoms with Gasteiger partial charge < -0.3 is 15.7 Å². The average molecular weight is 349 g/mol. The zero-order chi connectivity index (χ0) is 18.0. The SMILES string of the molecule is Cc1n[nH]c(C)c1CC(=O)N[C@@H]1CCC[C@@H](N2CCNC(=O)C2)[C@@H]1O. The van der Waals surface area contributed by atoms with E-state index in [1.165, 1.54) is 0 Å². The van der Waals surface area contributed by atoms with Gasteiger partial charge in [0.25, 0.3) is 0 Å². The number of aliphatic hydroxyl groups is 1. The number of H-pyrrole nitrogens is 1. The summed E-state index contributed by atoms with van der Waals surface area (Å²) >= 11 is 0. The molecule has 3 rings (SSSR count). The van der Waals surface area contributed by atoms with Gasteiger partial charge in [-0.25, -0.2) is 0 Å². The molecule has 0 bridgehead atoms. The number of nitrogens with zero attached hydrogens (tertiary/aromatic N) is 2. The van der Waals surface area contributed by atoms with Gasteiger partial charge in [0.05, 0.1) is 30.8 Å². The largest absolute Gasteiger partial charge is 0.389 e. The van der Waals surface area contributed by atoms with Crippen molar-refractivity contribution in [3.63, 3.8) is 0 Å². The molecule has 138 valence electrons. The van der Waals surface area contributed by atoms with Gasteiger partial charge in [-0.15, -0.1) is 0 Å². The van der Waals surface area contributed by atoms with E-state index < -0.39 is 6.10 Å². The Bertz CT molecular complexity index is 625. The Morgan fingerprint density at radius 3 is 2.88 bits per heavy atom. The third-order valence-corrected chi connectivity index (χ3v) is 5.32. The van der Waals surface area contributed by atoms with Crippen LogP contribution in [-0.2, 0) is 16.0 Å². The summed E-state index contributed by atoms with van der Waals surface area (Å²) in [6.45, 7) is 5.43. The second kappa shape index (κ2) is 7.53. The molecule has 1 aromatic heterocycles. The van der Waals surface area contributed by atoms with Crippen molar-refractivity contribution in [2.75, 3.05) is 19.6 Å². The van der Waals surface area contributed by atoms with E-state index in [1.807, 2.05) is 18.7 Å². The Hall–Kier alpha value is -1.93. The van der Waals surface area contributed by atoms with E-state index in [1.54, 1.807) is 0 Å². The van der Waals surface area contributed by atoms with Crippen LogP contribution in [-0.4, -0.2) is 69.8 Å². The number of aryl methyl sites for hydroxylation is 2. The number of aliphatic hydroxyl groups excluding tert-OH is 1. The van der Waals surface area contributed by atoms with Crippen LogP contribution < -0.4 is 10.6 Å². The number of aromatic amines is 1. The first-order valence-electron chi connectivity index (χ1n) is 8.94. The number of amides is 2. The van der Waals surface area contributed by atoms with E-state index in [9.17, 15) is 14.7 Å². The van der Waals surface area contributed by atoms with Crippen LogP contribution in [0.4, 0.5) is 0 Å². The lowest BCUT2D eigenvalue weighted by molar-refractivity contribution is -0.128. The first kappa shape index (κ1) is 17.9. The van der Waals surface area contributed by atoms with Gasteiger partial charge in [-0.05, 0) is 33.1 Å². The highest BCUT2D eigenvalue weighted by molar-refractivity contribution is 5.79. The van der Waals surface area contributed by atoms with Gasteiger partial charge in [0.2, 0.25) is 11.8 Å². The third-order valence-electron chi connectivity index (χ3n) is 5.32. The molecule has 8 nitrogen and oxygen atoms in total. The highest BCUT2D eigenvalue weighted by Gasteiger charge is 2.37. The fourth-order valence-electron chi connectivity index (χ4n) is 3.91. The lowest BCUT2D eigenvalue weighted by Crippen LogP contribution is -2.60. The lowest BCUT2D eigenvalue weighted by Gasteiger charge is -2.42. The molecule has 2 aliphatic rings. The van der Waals surface area contributed by atoms with Gasteiger partial charge in [0, 0.05) is 30.4 Å². The fraction of sp³-hybridized carbons (Fsp3) is 0.706. The van der Waals surface area contributed by atoms with E-state index in [-0.39, 0.29) is 30.3 Å². The summed E-state index contributed by atoms with van der Waals surface area (Å²) in [4.78, 5) is 26.1. The van der Waals surface area contributed by atoms with Crippen LogP contribution in [0, 0.1) is 13.8 Å². The fourth-order valence-corrected chi connectivity index (χ4v) is 3.91. The highest BCUT2D eigenvalue weighted by atomic mass is 16.3. The molecule has 0 radical (unpaired) electrons. The van der Waals surface area contributed by atoms with E-state index >= 15 is 0 Å². The summed E-state index contributed by atoms with van der Waals surface area (Å²) in [5.41, 5.74) is 2.63. The van der Waals surface area contributed by atoms with E-state index in [0.717, 1.165) is 42.8 Å². The second-order valence-corrected chi connectivity index (χ2v) is 7.07. The van der Waals surface area contributed by atoms with Crippen LogP contribution in [0.1, 0.15) is 36.2 Å². The Morgan fingerprint density at radius 2 is 2.20 bits per heavy atom. The van der Waals surface area contributed by atoms with Gasteiger partial charge in [-0.2, -0.15) is 5.10 Å². The molecule has 2 heterocycles. The van der Waals surface area contributed by atoms with Crippen molar-refractivity contribution in [1.82, 2.24) is 25.7 Å². The topological polar surface area (TPSA) is 110 Å². The van der Waals surface area contributed by atoms with Crippen molar-refractivity contribution in [2.45, 2.75) is 57.7 Å². The average Bonchev–Trinajstić information content (AvgIpc) is 2.89. The predicted molar refractivity (Wildman–Crippen MR) is 91.9 cm³/mol. The molecule has 0 aromatic carbocycles. The number of hydrogen-bond donors (Lipinski definition) is 4. The molecule has 1 saturated carbocycles. The van der Waals surface area contributed by atoms with Crippen LogP contribution in [0.25, 0.3) is 0 Å². The quantitative estimate of drug-likeness (QED) is 0.580. The van der Waals surface area contributed by atoms with Gasteiger partial charge in [-0.3, -0.25) is 19.6 Å². The summed E-state index contributed by atoms with van der Waals surface area (Å²) in [6, 6.07) is -0.355. The number of carbonyl (C=O) groups excluding carboxylic acids is 2. The standard InChI is InChI=1S/C17H27N5O3/c1-10-12(11(2)21-20-10)8-15(23)19-13-4-3-5-14(17(13)25)22-7-6-18-16(24)9-22/h13-14,17,25H,3-9H2,1-2H3,(H,18,24)(H,19,23)(H,20,21)/t13-,14-,17-/m1/s1. The minimum absolute atomic E-state index is 0.00415. The van der Waals surface area contributed by atoms with Crippen LogP contribution in [0.3, 0.4) is 0 Å². The summed E-state index contributed by atoms with van der Waals surface area (Å²) in [5, 5.41) is 23.5. The number of piperazine rings is 1. The number of carbonyl (C=O) groups is 2. The summed E-state index contributed by atoms with van der Waals surface area (Å²) in [6.07, 6.45) is 2.13. The number of nitrogens with one attached hydrogen (secondary N) is 3. The van der Waals surface area contributed by atoms with Crippen molar-refractivity contribution in [3.05, 3.63) is 17.0 Å². The molecule has 25 heavy (non-hydrogen) atoms. The smallest absolute Gasteiger partial charge is 0.234 e. The molecule has 2 fully saturated rings. The Balaban J connectivity index is 1.60. The lowest BCUT2D eigenvalue weighted by atomic mass is 9.86. The van der Waals surface area contributed by atoms with Crippen molar-refractivity contribution >= 4 is 11.8 Å². The van der Waals surface area contributed by atoms with Gasteiger partial charge in [-0.1, -0.05) is 0 Å². The monoisotopic (exact) mass is 349 g/mol. The predicted octanol–water partition coefficient (Wildman–Crippen LogP) is -0.601. The number of hydrogen-bond acceptors (Lipinski definition) is 5. The minimum Gasteiger partial charge on any atom is -0.389 e. The first-order chi connectivity index (χ1) is 12.0. The molecule has 8 heteroatoms. The van der Waals surface area contributed by atoms with Crippen molar-refractivity contribution in [1.29, 1.82) is 0 Å². The maximum atomic E-state index is 12.4. The molecule has 1 aliphatic carbocycles. The van der Waals surface area contributed by atoms with Gasteiger partial charge in [0.15, 0.2) is 0 Å². The van der Waals surface area contributed by atoms with E-state index in [2.05, 4.69) is 20.8 Å². The van der Waals surface area contributed by atoms with Gasteiger partial charge >= 0.3 is 0 Å². The Kier molecular flexibility index (Phi) is 5.39. The molecule has 1 aliphatic heterocycles. The van der Waals surface area contributed by atoms with E-state index in [4.69, 9.17) is 0 Å². The second-order valence-electron chi connectivity index (χ2n) is 7.07. The minimum atomic E-state index is -0.657. The maximum absolute atomic E-state index is 12.4. The van der Waals surface area contributed by atoms with Crippen molar-refractivity contribution in [3.8, 4) is 0 Å².